The summed E-state index contributed by atoms with van der Waals surface area (Å²) in [4.78, 5) is 26.4. The highest BCUT2D eigenvalue weighted by Crippen LogP contribution is 2.55. The second-order valence-corrected chi connectivity index (χ2v) is 6.97. The fourth-order valence-corrected chi connectivity index (χ4v) is 4.47. The Labute approximate surface area is 140 Å². The van der Waals surface area contributed by atoms with Crippen LogP contribution in [0.5, 0.6) is 11.5 Å². The van der Waals surface area contributed by atoms with Gasteiger partial charge in [0.15, 0.2) is 0 Å². The molecular weight excluding hydrogens is 302 g/mol. The summed E-state index contributed by atoms with van der Waals surface area (Å²) in [5.74, 6) is 1.38. The van der Waals surface area contributed by atoms with Crippen molar-refractivity contribution >= 4 is 11.8 Å². The zero-order valence-electron chi connectivity index (χ0n) is 13.6. The average Bonchev–Trinajstić information content (AvgIpc) is 2.59. The van der Waals surface area contributed by atoms with E-state index in [1.54, 1.807) is 7.05 Å². The molecule has 4 heteroatoms. The van der Waals surface area contributed by atoms with Crippen LogP contribution in [-0.4, -0.2) is 23.8 Å². The van der Waals surface area contributed by atoms with Gasteiger partial charge in [0, 0.05) is 29.7 Å². The van der Waals surface area contributed by atoms with Crippen molar-refractivity contribution < 1.29 is 14.3 Å². The third-order valence-corrected chi connectivity index (χ3v) is 5.61. The first kappa shape index (κ1) is 13.8. The number of benzene rings is 2. The zero-order chi connectivity index (χ0) is 16.6. The van der Waals surface area contributed by atoms with Crippen molar-refractivity contribution in [3.63, 3.8) is 0 Å². The van der Waals surface area contributed by atoms with E-state index in [1.165, 1.54) is 16.0 Å². The molecule has 24 heavy (non-hydrogen) atoms. The van der Waals surface area contributed by atoms with Crippen LogP contribution in [0.1, 0.15) is 57.3 Å². The van der Waals surface area contributed by atoms with Crippen molar-refractivity contribution in [2.75, 3.05) is 7.05 Å². The normalized spacial score (nSPS) is 23.5. The highest BCUT2D eigenvalue weighted by Gasteiger charge is 2.45. The van der Waals surface area contributed by atoms with Crippen LogP contribution in [0.15, 0.2) is 30.3 Å². The Balaban J connectivity index is 1.80. The molecule has 1 aliphatic carbocycles. The molecule has 0 radical (unpaired) electrons. The first-order valence-corrected chi connectivity index (χ1v) is 8.33. The second-order valence-electron chi connectivity index (χ2n) is 6.97. The second kappa shape index (κ2) is 4.47. The van der Waals surface area contributed by atoms with E-state index in [4.69, 9.17) is 4.74 Å². The van der Waals surface area contributed by atoms with Gasteiger partial charge in [-0.25, -0.2) is 0 Å². The summed E-state index contributed by atoms with van der Waals surface area (Å²) in [6.45, 7) is 2.07. The number of aryl methyl sites for hydroxylation is 1. The van der Waals surface area contributed by atoms with E-state index < -0.39 is 0 Å². The molecule has 2 aromatic carbocycles. The molecule has 2 unspecified atom stereocenters. The van der Waals surface area contributed by atoms with Crippen LogP contribution in [0.3, 0.4) is 0 Å². The molecule has 0 saturated carbocycles. The van der Waals surface area contributed by atoms with Crippen LogP contribution in [-0.2, 0) is 4.79 Å². The van der Waals surface area contributed by atoms with Gasteiger partial charge in [-0.2, -0.15) is 0 Å². The first-order chi connectivity index (χ1) is 11.6. The Bertz CT molecular complexity index is 931. The van der Waals surface area contributed by atoms with Gasteiger partial charge in [0.1, 0.15) is 11.5 Å². The molecule has 5 rings (SSSR count). The maximum absolute atomic E-state index is 12.6. The number of rotatable bonds is 0. The molecule has 2 aromatic rings. The SMILES string of the molecule is Cc1ccc2c(c1)C1CCC3C(=O)N(C)C(=O)c4ccc(c1c43)O2. The lowest BCUT2D eigenvalue weighted by Gasteiger charge is -2.40. The maximum atomic E-state index is 12.6. The smallest absolute Gasteiger partial charge is 0.260 e. The molecule has 3 aliphatic rings. The predicted octanol–water partition coefficient (Wildman–Crippen LogP) is 3.72. The highest BCUT2D eigenvalue weighted by atomic mass is 16.5. The quantitative estimate of drug-likeness (QED) is 0.695. The summed E-state index contributed by atoms with van der Waals surface area (Å²) in [5.41, 5.74) is 4.98. The molecule has 4 nitrogen and oxygen atoms in total. The Hall–Kier alpha value is -2.62. The van der Waals surface area contributed by atoms with Gasteiger partial charge < -0.3 is 4.74 Å². The van der Waals surface area contributed by atoms with Crippen LogP contribution < -0.4 is 4.74 Å². The largest absolute Gasteiger partial charge is 0.457 e. The van der Waals surface area contributed by atoms with Gasteiger partial charge in [0.2, 0.25) is 5.91 Å². The van der Waals surface area contributed by atoms with E-state index in [9.17, 15) is 9.59 Å². The molecule has 2 amide bonds. The summed E-state index contributed by atoms with van der Waals surface area (Å²) in [6, 6.07) is 9.93. The number of carbonyl (C=O) groups excluding carboxylic acids is 2. The first-order valence-electron chi connectivity index (χ1n) is 8.33. The van der Waals surface area contributed by atoms with Crippen LogP contribution >= 0.6 is 0 Å². The molecule has 2 atom stereocenters. The fraction of sp³-hybridized carbons (Fsp3) is 0.300. The summed E-state index contributed by atoms with van der Waals surface area (Å²) in [5, 5.41) is 0. The van der Waals surface area contributed by atoms with Gasteiger partial charge in [-0.15, -0.1) is 0 Å². The number of likely N-dealkylation sites (N-methyl/N-ethyl adjacent to an activating group) is 1. The van der Waals surface area contributed by atoms with Crippen molar-refractivity contribution in [1.82, 2.24) is 4.90 Å². The lowest BCUT2D eigenvalue weighted by Crippen LogP contribution is -2.44. The zero-order valence-corrected chi connectivity index (χ0v) is 13.6. The number of hydrogen-bond acceptors (Lipinski definition) is 3. The van der Waals surface area contributed by atoms with E-state index >= 15 is 0 Å². The maximum Gasteiger partial charge on any atom is 0.260 e. The number of fused-ring (bicyclic) bond motifs is 2. The molecule has 0 bridgehead atoms. The third-order valence-electron chi connectivity index (χ3n) is 5.61. The average molecular weight is 319 g/mol. The molecule has 0 N–H and O–H groups in total. The number of hydrogen-bond donors (Lipinski definition) is 0. The van der Waals surface area contributed by atoms with E-state index in [0.29, 0.717) is 5.56 Å². The standard InChI is InChI=1S/C20H17NO3/c1-10-3-7-15-14(9-10)11-4-5-12-17-13(20(23)21(2)19(12)22)6-8-16(24-15)18(11)17/h3,6-9,11-12H,4-5H2,1-2H3. The number of carbonyl (C=O) groups is 2. The Kier molecular flexibility index (Phi) is 2.57. The Morgan fingerprint density at radius 1 is 1.00 bits per heavy atom. The third kappa shape index (κ3) is 1.58. The van der Waals surface area contributed by atoms with Crippen LogP contribution in [0.25, 0.3) is 0 Å². The molecule has 2 aliphatic heterocycles. The monoisotopic (exact) mass is 319 g/mol. The van der Waals surface area contributed by atoms with Crippen LogP contribution in [0.4, 0.5) is 0 Å². The van der Waals surface area contributed by atoms with Gasteiger partial charge in [-0.3, -0.25) is 14.5 Å². The van der Waals surface area contributed by atoms with E-state index in [-0.39, 0.29) is 23.7 Å². The molecule has 0 aromatic heterocycles. The van der Waals surface area contributed by atoms with Gasteiger partial charge in [-0.05, 0) is 43.5 Å². The Morgan fingerprint density at radius 2 is 1.75 bits per heavy atom. The minimum absolute atomic E-state index is 0.0885. The minimum Gasteiger partial charge on any atom is -0.457 e. The molecular formula is C20H17NO3. The summed E-state index contributed by atoms with van der Waals surface area (Å²) < 4.78 is 6.11. The highest BCUT2D eigenvalue weighted by molar-refractivity contribution is 6.12. The lowest BCUT2D eigenvalue weighted by molar-refractivity contribution is -0.130. The molecule has 120 valence electrons. The Morgan fingerprint density at radius 3 is 2.58 bits per heavy atom. The number of nitrogens with zero attached hydrogens (tertiary/aromatic N) is 1. The summed E-state index contributed by atoms with van der Waals surface area (Å²) in [6.07, 6.45) is 1.68. The van der Waals surface area contributed by atoms with Crippen molar-refractivity contribution in [2.45, 2.75) is 31.6 Å². The number of imide groups is 1. The topological polar surface area (TPSA) is 46.6 Å². The summed E-state index contributed by atoms with van der Waals surface area (Å²) in [7, 11) is 1.58. The van der Waals surface area contributed by atoms with E-state index in [1.807, 2.05) is 18.2 Å². The van der Waals surface area contributed by atoms with Crippen molar-refractivity contribution in [3.05, 3.63) is 58.1 Å². The number of ether oxygens (including phenoxy) is 1. The van der Waals surface area contributed by atoms with Crippen LogP contribution in [0, 0.1) is 6.92 Å². The van der Waals surface area contributed by atoms with Gasteiger partial charge in [0.25, 0.3) is 5.91 Å². The van der Waals surface area contributed by atoms with E-state index in [2.05, 4.69) is 19.1 Å². The van der Waals surface area contributed by atoms with Crippen LogP contribution in [0.2, 0.25) is 0 Å². The van der Waals surface area contributed by atoms with Crippen molar-refractivity contribution in [1.29, 1.82) is 0 Å². The molecule has 0 spiro atoms. The van der Waals surface area contributed by atoms with Crippen molar-refractivity contribution in [2.24, 2.45) is 0 Å². The molecule has 2 heterocycles. The summed E-state index contributed by atoms with van der Waals surface area (Å²) >= 11 is 0. The lowest BCUT2D eigenvalue weighted by atomic mass is 9.69. The van der Waals surface area contributed by atoms with Gasteiger partial charge in [0.05, 0.1) is 5.92 Å². The molecule has 0 fully saturated rings. The van der Waals surface area contributed by atoms with Crippen molar-refractivity contribution in [3.8, 4) is 11.5 Å². The minimum atomic E-state index is -0.219. The van der Waals surface area contributed by atoms with E-state index in [0.717, 1.165) is 35.5 Å². The molecule has 0 saturated heterocycles. The van der Waals surface area contributed by atoms with Gasteiger partial charge in [-0.1, -0.05) is 17.7 Å². The predicted molar refractivity (Wildman–Crippen MR) is 88.6 cm³/mol. The number of amides is 2. The van der Waals surface area contributed by atoms with Gasteiger partial charge >= 0.3 is 0 Å². The fourth-order valence-electron chi connectivity index (χ4n) is 4.47.